The lowest BCUT2D eigenvalue weighted by Crippen LogP contribution is -2.32. The van der Waals surface area contributed by atoms with Crippen molar-refractivity contribution in [2.45, 2.75) is 12.5 Å². The maximum Gasteiger partial charge on any atom is 0.309 e. The van der Waals surface area contributed by atoms with Crippen LogP contribution in [0.5, 0.6) is 23.1 Å². The van der Waals surface area contributed by atoms with Gasteiger partial charge in [-0.2, -0.15) is 0 Å². The molecule has 35 heavy (non-hydrogen) atoms. The number of para-hydroxylation sites is 1. The predicted octanol–water partition coefficient (Wildman–Crippen LogP) is 4.25. The first-order chi connectivity index (χ1) is 17.0. The number of thiazole rings is 1. The van der Waals surface area contributed by atoms with Gasteiger partial charge >= 0.3 is 4.87 Å². The molecule has 0 aliphatic rings. The molecule has 9 heteroatoms. The Kier molecular flexibility index (Phi) is 8.39. The fraction of sp³-hybridized carbons (Fsp3) is 0.192. The average Bonchev–Trinajstić information content (AvgIpc) is 3.19. The largest absolute Gasteiger partial charge is 0.492 e. The van der Waals surface area contributed by atoms with E-state index < -0.39 is 6.10 Å². The van der Waals surface area contributed by atoms with Crippen molar-refractivity contribution in [3.8, 4) is 23.1 Å². The highest BCUT2D eigenvalue weighted by molar-refractivity contribution is 7.13. The summed E-state index contributed by atoms with van der Waals surface area (Å²) >= 11 is 0.914. The van der Waals surface area contributed by atoms with Gasteiger partial charge in [0.25, 0.3) is 0 Å². The lowest BCUT2D eigenvalue weighted by Gasteiger charge is -2.14. The van der Waals surface area contributed by atoms with Gasteiger partial charge < -0.3 is 30.3 Å². The number of aliphatic hydroxyl groups is 1. The quantitative estimate of drug-likeness (QED) is 0.187. The van der Waals surface area contributed by atoms with Crippen molar-refractivity contribution in [3.05, 3.63) is 94.1 Å². The van der Waals surface area contributed by atoms with Gasteiger partial charge in [0.2, 0.25) is 5.88 Å². The van der Waals surface area contributed by atoms with Gasteiger partial charge in [0.05, 0.1) is 0 Å². The van der Waals surface area contributed by atoms with E-state index in [0.717, 1.165) is 34.8 Å². The van der Waals surface area contributed by atoms with E-state index in [-0.39, 0.29) is 17.4 Å². The molecule has 0 fully saturated rings. The molecule has 3 aromatic carbocycles. The van der Waals surface area contributed by atoms with E-state index in [1.165, 1.54) is 0 Å². The van der Waals surface area contributed by atoms with Crippen molar-refractivity contribution < 1.29 is 19.7 Å². The van der Waals surface area contributed by atoms with Gasteiger partial charge in [0.15, 0.2) is 5.00 Å². The monoisotopic (exact) mass is 493 g/mol. The first-order valence-electron chi connectivity index (χ1n) is 11.2. The summed E-state index contributed by atoms with van der Waals surface area (Å²) in [5.41, 5.74) is 1.90. The number of aromatic amines is 1. The first-order valence-corrected chi connectivity index (χ1v) is 12.0. The van der Waals surface area contributed by atoms with Crippen LogP contribution in [0.1, 0.15) is 5.56 Å². The fourth-order valence-electron chi connectivity index (χ4n) is 3.27. The summed E-state index contributed by atoms with van der Waals surface area (Å²) in [5, 5.41) is 26.5. The summed E-state index contributed by atoms with van der Waals surface area (Å²) in [5.74, 6) is 1.99. The Labute approximate surface area is 206 Å². The summed E-state index contributed by atoms with van der Waals surface area (Å²) in [4.78, 5) is 13.3. The molecule has 0 spiro atoms. The van der Waals surface area contributed by atoms with Gasteiger partial charge in [-0.1, -0.05) is 41.7 Å². The standard InChI is InChI=1S/C26H27N3O5S/c30-20(17-33-21-10-12-23(13-11-21)34-22-4-2-1-3-5-22)16-27-15-14-18-6-8-19(9-7-18)28-25-24(31)29-26(32)35-25/h1-13,20,27-28,30-31H,14-17H2,(H,29,32)/t20-/m0/s1. The van der Waals surface area contributed by atoms with Gasteiger partial charge in [-0.25, -0.2) is 0 Å². The van der Waals surface area contributed by atoms with E-state index in [0.29, 0.717) is 29.6 Å². The molecular formula is C26H27N3O5S. The lowest BCUT2D eigenvalue weighted by atomic mass is 10.1. The minimum absolute atomic E-state index is 0.162. The minimum atomic E-state index is -0.636. The highest BCUT2D eigenvalue weighted by Crippen LogP contribution is 2.27. The molecule has 1 atom stereocenters. The SMILES string of the molecule is O=c1[nH]c(O)c(Nc2ccc(CCNC[C@H](O)COc3ccc(Oc4ccccc4)cc3)cc2)s1. The summed E-state index contributed by atoms with van der Waals surface area (Å²) in [6.45, 7) is 1.31. The van der Waals surface area contributed by atoms with Crippen LogP contribution in [0.25, 0.3) is 0 Å². The van der Waals surface area contributed by atoms with Gasteiger partial charge in [0.1, 0.15) is 30.0 Å². The van der Waals surface area contributed by atoms with Gasteiger partial charge in [-0.15, -0.1) is 0 Å². The van der Waals surface area contributed by atoms with Crippen LogP contribution in [-0.2, 0) is 6.42 Å². The Balaban J connectivity index is 1.12. The lowest BCUT2D eigenvalue weighted by molar-refractivity contribution is 0.106. The number of anilines is 2. The molecule has 0 radical (unpaired) electrons. The number of hydrogen-bond acceptors (Lipinski definition) is 8. The van der Waals surface area contributed by atoms with Crippen molar-refractivity contribution in [3.63, 3.8) is 0 Å². The number of aromatic hydroxyl groups is 1. The van der Waals surface area contributed by atoms with Crippen LogP contribution in [0.3, 0.4) is 0 Å². The van der Waals surface area contributed by atoms with Crippen molar-refractivity contribution >= 4 is 22.0 Å². The maximum absolute atomic E-state index is 11.3. The van der Waals surface area contributed by atoms with E-state index in [1.54, 1.807) is 0 Å². The maximum atomic E-state index is 11.3. The third-order valence-corrected chi connectivity index (χ3v) is 5.84. The molecule has 0 bridgehead atoms. The molecule has 182 valence electrons. The molecule has 4 rings (SSSR count). The van der Waals surface area contributed by atoms with Crippen LogP contribution in [-0.4, -0.2) is 41.0 Å². The predicted molar refractivity (Wildman–Crippen MR) is 137 cm³/mol. The van der Waals surface area contributed by atoms with Crippen molar-refractivity contribution in [2.24, 2.45) is 0 Å². The van der Waals surface area contributed by atoms with Crippen molar-refractivity contribution in [2.75, 3.05) is 25.0 Å². The van der Waals surface area contributed by atoms with Gasteiger partial charge in [-0.05, 0) is 67.1 Å². The molecule has 0 aliphatic carbocycles. The number of aliphatic hydroxyl groups excluding tert-OH is 1. The average molecular weight is 494 g/mol. The highest BCUT2D eigenvalue weighted by Gasteiger charge is 2.08. The molecule has 0 saturated heterocycles. The van der Waals surface area contributed by atoms with Crippen molar-refractivity contribution in [1.29, 1.82) is 0 Å². The molecule has 4 aromatic rings. The topological polar surface area (TPSA) is 116 Å². The molecule has 0 amide bonds. The molecule has 0 saturated carbocycles. The van der Waals surface area contributed by atoms with E-state index in [4.69, 9.17) is 9.47 Å². The number of H-pyrrole nitrogens is 1. The molecule has 5 N–H and O–H groups in total. The number of rotatable bonds is 12. The zero-order valence-electron chi connectivity index (χ0n) is 18.9. The van der Waals surface area contributed by atoms with Crippen LogP contribution >= 0.6 is 11.3 Å². The number of nitrogens with one attached hydrogen (secondary N) is 3. The van der Waals surface area contributed by atoms with Gasteiger partial charge in [-0.3, -0.25) is 9.78 Å². The fourth-order valence-corrected chi connectivity index (χ4v) is 3.92. The summed E-state index contributed by atoms with van der Waals surface area (Å²) < 4.78 is 11.4. The smallest absolute Gasteiger partial charge is 0.309 e. The molecule has 1 heterocycles. The van der Waals surface area contributed by atoms with Crippen LogP contribution in [0.2, 0.25) is 0 Å². The number of hydrogen-bond donors (Lipinski definition) is 5. The van der Waals surface area contributed by atoms with E-state index in [2.05, 4.69) is 15.6 Å². The normalized spacial score (nSPS) is 11.7. The van der Waals surface area contributed by atoms with Crippen molar-refractivity contribution in [1.82, 2.24) is 10.3 Å². The molecule has 0 unspecified atom stereocenters. The molecule has 1 aromatic heterocycles. The second-order valence-electron chi connectivity index (χ2n) is 7.82. The first kappa shape index (κ1) is 24.3. The number of aromatic nitrogens is 1. The molecule has 8 nitrogen and oxygen atoms in total. The summed E-state index contributed by atoms with van der Waals surface area (Å²) in [6, 6.07) is 24.6. The zero-order chi connectivity index (χ0) is 24.5. The third kappa shape index (κ3) is 7.61. The van der Waals surface area contributed by atoms with Crippen LogP contribution < -0.4 is 25.0 Å². The Bertz CT molecular complexity index is 1240. The molecule has 0 aliphatic heterocycles. The number of ether oxygens (including phenoxy) is 2. The second kappa shape index (κ2) is 12.1. The summed E-state index contributed by atoms with van der Waals surface area (Å²) in [7, 11) is 0. The van der Waals surface area contributed by atoms with Gasteiger partial charge in [0, 0.05) is 12.2 Å². The van der Waals surface area contributed by atoms with Crippen LogP contribution in [0.4, 0.5) is 10.7 Å². The molecular weight excluding hydrogens is 466 g/mol. The Hall–Kier alpha value is -3.79. The third-order valence-electron chi connectivity index (χ3n) is 5.06. The second-order valence-corrected chi connectivity index (χ2v) is 8.80. The Morgan fingerprint density at radius 3 is 2.29 bits per heavy atom. The minimum Gasteiger partial charge on any atom is -0.492 e. The zero-order valence-corrected chi connectivity index (χ0v) is 19.8. The van der Waals surface area contributed by atoms with E-state index in [1.807, 2.05) is 78.9 Å². The Morgan fingerprint density at radius 2 is 1.60 bits per heavy atom. The van der Waals surface area contributed by atoms with Crippen LogP contribution in [0, 0.1) is 0 Å². The number of benzene rings is 3. The summed E-state index contributed by atoms with van der Waals surface area (Å²) in [6.07, 6.45) is 0.155. The highest BCUT2D eigenvalue weighted by atomic mass is 32.1. The van der Waals surface area contributed by atoms with Crippen LogP contribution in [0.15, 0.2) is 83.7 Å². The van der Waals surface area contributed by atoms with E-state index >= 15 is 0 Å². The van der Waals surface area contributed by atoms with E-state index in [9.17, 15) is 15.0 Å². The Morgan fingerprint density at radius 1 is 0.914 bits per heavy atom.